The van der Waals surface area contributed by atoms with Crippen LogP contribution >= 0.6 is 22.7 Å². The van der Waals surface area contributed by atoms with Crippen LogP contribution in [0.3, 0.4) is 0 Å². The summed E-state index contributed by atoms with van der Waals surface area (Å²) in [5, 5.41) is 20.1. The van der Waals surface area contributed by atoms with Gasteiger partial charge in [-0.05, 0) is 40.4 Å². The van der Waals surface area contributed by atoms with Crippen molar-refractivity contribution in [2.75, 3.05) is 0 Å². The number of phenolic OH excluding ortho intramolecular Hbond substituents is 1. The molecule has 2 atom stereocenters. The first-order chi connectivity index (χ1) is 11.3. The van der Waals surface area contributed by atoms with E-state index in [2.05, 4.69) is 39.7 Å². The van der Waals surface area contributed by atoms with Crippen molar-refractivity contribution in [2.45, 2.75) is 18.6 Å². The molecule has 4 rings (SSSR count). The molecule has 0 aliphatic carbocycles. The Hall–Kier alpha value is -1.95. The molecule has 1 aliphatic heterocycles. The van der Waals surface area contributed by atoms with E-state index in [1.165, 1.54) is 10.4 Å². The van der Waals surface area contributed by atoms with Gasteiger partial charge in [0.15, 0.2) is 0 Å². The van der Waals surface area contributed by atoms with E-state index in [1.807, 2.05) is 18.2 Å². The number of nitrogens with one attached hydrogen (secondary N) is 1. The Labute approximate surface area is 143 Å². The minimum absolute atomic E-state index is 0.0725. The number of phenols is 1. The summed E-state index contributed by atoms with van der Waals surface area (Å²) in [4.78, 5) is 6.17. The highest BCUT2D eigenvalue weighted by Gasteiger charge is 2.27. The van der Waals surface area contributed by atoms with Crippen molar-refractivity contribution in [2.24, 2.45) is 4.99 Å². The lowest BCUT2D eigenvalue weighted by Crippen LogP contribution is -2.32. The molecule has 2 unspecified atom stereocenters. The number of aliphatic imine (C=N–C) groups is 1. The van der Waals surface area contributed by atoms with E-state index in [0.717, 1.165) is 17.7 Å². The van der Waals surface area contributed by atoms with Gasteiger partial charge >= 0.3 is 0 Å². The minimum atomic E-state index is -0.0725. The molecular formula is C18H16N2OS2. The first-order valence-electron chi connectivity index (χ1n) is 7.48. The van der Waals surface area contributed by atoms with Crippen molar-refractivity contribution in [3.63, 3.8) is 0 Å². The van der Waals surface area contributed by atoms with E-state index in [0.29, 0.717) is 5.75 Å². The van der Waals surface area contributed by atoms with Gasteiger partial charge in [0, 0.05) is 28.5 Å². The Bertz CT molecular complexity index is 809. The normalized spacial score (nSPS) is 21.1. The Morgan fingerprint density at radius 3 is 2.74 bits per heavy atom. The highest BCUT2D eigenvalue weighted by atomic mass is 32.1. The first-order valence-corrected chi connectivity index (χ1v) is 9.30. The standard InChI is InChI=1S/C18H16N2OS2/c21-16-5-2-1-4-13(16)14-10-15(17-6-3-8-23-17)20-18(19-14)12-7-9-22-11-12/h1-9,11,15,18,20-21H,10H2. The molecule has 0 saturated heterocycles. The van der Waals surface area contributed by atoms with E-state index in [1.54, 1.807) is 28.7 Å². The number of hydrogen-bond acceptors (Lipinski definition) is 5. The third kappa shape index (κ3) is 2.95. The Morgan fingerprint density at radius 2 is 2.00 bits per heavy atom. The highest BCUT2D eigenvalue weighted by Crippen LogP contribution is 2.34. The molecule has 0 bridgehead atoms. The summed E-state index contributed by atoms with van der Waals surface area (Å²) in [6.07, 6.45) is 0.704. The monoisotopic (exact) mass is 340 g/mol. The van der Waals surface area contributed by atoms with Crippen LogP contribution in [0, 0.1) is 0 Å². The van der Waals surface area contributed by atoms with Gasteiger partial charge in [-0.25, -0.2) is 0 Å². The van der Waals surface area contributed by atoms with E-state index in [9.17, 15) is 5.11 Å². The minimum Gasteiger partial charge on any atom is -0.507 e. The van der Waals surface area contributed by atoms with Gasteiger partial charge in [-0.15, -0.1) is 11.3 Å². The lowest BCUT2D eigenvalue weighted by atomic mass is 9.97. The molecule has 23 heavy (non-hydrogen) atoms. The maximum absolute atomic E-state index is 10.2. The van der Waals surface area contributed by atoms with Crippen molar-refractivity contribution < 1.29 is 5.11 Å². The summed E-state index contributed by atoms with van der Waals surface area (Å²) >= 11 is 3.43. The van der Waals surface area contributed by atoms with Crippen molar-refractivity contribution in [3.05, 3.63) is 74.6 Å². The quantitative estimate of drug-likeness (QED) is 0.723. The zero-order valence-electron chi connectivity index (χ0n) is 12.3. The summed E-state index contributed by atoms with van der Waals surface area (Å²) in [5.74, 6) is 0.294. The van der Waals surface area contributed by atoms with Crippen molar-refractivity contribution in [3.8, 4) is 5.75 Å². The first kappa shape index (κ1) is 14.6. The number of aromatic hydroxyl groups is 1. The highest BCUT2D eigenvalue weighted by molar-refractivity contribution is 7.10. The fourth-order valence-electron chi connectivity index (χ4n) is 2.86. The lowest BCUT2D eigenvalue weighted by Gasteiger charge is -2.29. The van der Waals surface area contributed by atoms with Gasteiger partial charge in [0.05, 0.1) is 5.71 Å². The van der Waals surface area contributed by atoms with Gasteiger partial charge in [0.1, 0.15) is 11.9 Å². The van der Waals surface area contributed by atoms with Crippen LogP contribution in [0.4, 0.5) is 0 Å². The number of thiophene rings is 2. The fraction of sp³-hybridized carbons (Fsp3) is 0.167. The van der Waals surface area contributed by atoms with Crippen LogP contribution in [-0.4, -0.2) is 10.8 Å². The Kier molecular flexibility index (Phi) is 3.99. The third-order valence-electron chi connectivity index (χ3n) is 4.00. The smallest absolute Gasteiger partial charge is 0.127 e. The molecule has 3 heterocycles. The average molecular weight is 340 g/mol. The van der Waals surface area contributed by atoms with Crippen LogP contribution in [0.25, 0.3) is 0 Å². The van der Waals surface area contributed by atoms with Gasteiger partial charge in [-0.1, -0.05) is 18.2 Å². The maximum Gasteiger partial charge on any atom is 0.127 e. The topological polar surface area (TPSA) is 44.6 Å². The van der Waals surface area contributed by atoms with Crippen LogP contribution in [0.1, 0.15) is 34.6 Å². The Morgan fingerprint density at radius 1 is 1.09 bits per heavy atom. The molecule has 2 aromatic heterocycles. The number of para-hydroxylation sites is 1. The van der Waals surface area contributed by atoms with Crippen molar-refractivity contribution >= 4 is 28.4 Å². The molecule has 2 N–H and O–H groups in total. The van der Waals surface area contributed by atoms with Crippen LogP contribution < -0.4 is 5.32 Å². The molecule has 3 nitrogen and oxygen atoms in total. The molecule has 0 radical (unpaired) electrons. The average Bonchev–Trinajstić information content (AvgIpc) is 3.28. The maximum atomic E-state index is 10.2. The second kappa shape index (κ2) is 6.28. The zero-order valence-corrected chi connectivity index (χ0v) is 14.0. The predicted molar refractivity (Wildman–Crippen MR) is 96.5 cm³/mol. The van der Waals surface area contributed by atoms with Gasteiger partial charge < -0.3 is 5.11 Å². The lowest BCUT2D eigenvalue weighted by molar-refractivity contribution is 0.444. The molecule has 0 saturated carbocycles. The van der Waals surface area contributed by atoms with Crippen molar-refractivity contribution in [1.29, 1.82) is 0 Å². The van der Waals surface area contributed by atoms with Gasteiger partial charge in [0.2, 0.25) is 0 Å². The molecule has 116 valence electrons. The van der Waals surface area contributed by atoms with Crippen LogP contribution in [0.2, 0.25) is 0 Å². The molecule has 3 aromatic rings. The molecule has 0 amide bonds. The third-order valence-corrected chi connectivity index (χ3v) is 5.69. The second-order valence-corrected chi connectivity index (χ2v) is 7.25. The fourth-order valence-corrected chi connectivity index (χ4v) is 4.33. The van der Waals surface area contributed by atoms with Crippen LogP contribution in [0.5, 0.6) is 5.75 Å². The van der Waals surface area contributed by atoms with E-state index in [-0.39, 0.29) is 12.2 Å². The number of nitrogens with zero attached hydrogens (tertiary/aromatic N) is 1. The molecule has 0 spiro atoms. The van der Waals surface area contributed by atoms with Crippen LogP contribution in [0.15, 0.2) is 63.6 Å². The number of hydrogen-bond donors (Lipinski definition) is 2. The molecule has 1 aliphatic rings. The summed E-state index contributed by atoms with van der Waals surface area (Å²) in [7, 11) is 0. The molecular weight excluding hydrogens is 324 g/mol. The number of rotatable bonds is 3. The summed E-state index contributed by atoms with van der Waals surface area (Å²) in [6.45, 7) is 0. The zero-order chi connectivity index (χ0) is 15.6. The van der Waals surface area contributed by atoms with Gasteiger partial charge in [-0.3, -0.25) is 10.3 Å². The summed E-state index contributed by atoms with van der Waals surface area (Å²) in [6, 6.07) is 14.0. The molecule has 1 aromatic carbocycles. The number of benzene rings is 1. The second-order valence-electron chi connectivity index (χ2n) is 5.49. The van der Waals surface area contributed by atoms with Gasteiger partial charge in [-0.2, -0.15) is 11.3 Å². The van der Waals surface area contributed by atoms with Crippen LogP contribution in [-0.2, 0) is 0 Å². The summed E-state index contributed by atoms with van der Waals surface area (Å²) < 4.78 is 0. The largest absolute Gasteiger partial charge is 0.507 e. The van der Waals surface area contributed by atoms with Crippen molar-refractivity contribution in [1.82, 2.24) is 5.32 Å². The Balaban J connectivity index is 1.75. The predicted octanol–water partition coefficient (Wildman–Crippen LogP) is 4.74. The SMILES string of the molecule is Oc1ccccc1C1=NC(c2ccsc2)NC(c2cccs2)C1. The van der Waals surface area contributed by atoms with E-state index < -0.39 is 0 Å². The van der Waals surface area contributed by atoms with E-state index >= 15 is 0 Å². The molecule has 5 heteroatoms. The molecule has 0 fully saturated rings. The summed E-state index contributed by atoms with van der Waals surface area (Å²) in [5.41, 5.74) is 2.96. The van der Waals surface area contributed by atoms with Gasteiger partial charge in [0.25, 0.3) is 0 Å². The van der Waals surface area contributed by atoms with E-state index in [4.69, 9.17) is 4.99 Å².